The SMILES string of the molecule is COc1ccc(C(=O)[C@@H](C)OC(=O)c2cccc(NC(=O)c3cccs3)c2)cc1. The number of Topliss-reactive ketones (excluding diaryl/α,β-unsaturated/α-hetero) is 1. The molecule has 2 aromatic carbocycles. The molecular formula is C22H19NO5S. The van der Waals surface area contributed by atoms with Gasteiger partial charge in [0.15, 0.2) is 6.10 Å². The Morgan fingerprint density at radius 1 is 0.966 bits per heavy atom. The molecule has 6 nitrogen and oxygen atoms in total. The average molecular weight is 409 g/mol. The van der Waals surface area contributed by atoms with E-state index in [9.17, 15) is 14.4 Å². The van der Waals surface area contributed by atoms with Gasteiger partial charge < -0.3 is 14.8 Å². The van der Waals surface area contributed by atoms with Gasteiger partial charge in [-0.3, -0.25) is 9.59 Å². The van der Waals surface area contributed by atoms with Crippen LogP contribution in [0.5, 0.6) is 5.75 Å². The van der Waals surface area contributed by atoms with Crippen LogP contribution in [0, 0.1) is 0 Å². The van der Waals surface area contributed by atoms with Crippen molar-refractivity contribution in [2.45, 2.75) is 13.0 Å². The molecule has 0 aliphatic carbocycles. The van der Waals surface area contributed by atoms with Crippen LogP contribution in [0.2, 0.25) is 0 Å². The number of hydrogen-bond acceptors (Lipinski definition) is 6. The molecule has 1 aromatic heterocycles. The first-order valence-corrected chi connectivity index (χ1v) is 9.70. The van der Waals surface area contributed by atoms with E-state index in [1.807, 2.05) is 5.38 Å². The number of nitrogens with one attached hydrogen (secondary N) is 1. The molecule has 3 aromatic rings. The smallest absolute Gasteiger partial charge is 0.338 e. The molecule has 0 bridgehead atoms. The minimum Gasteiger partial charge on any atom is -0.497 e. The number of esters is 1. The van der Waals surface area contributed by atoms with Crippen molar-refractivity contribution in [1.29, 1.82) is 0 Å². The number of benzene rings is 2. The van der Waals surface area contributed by atoms with Crippen LogP contribution in [0.25, 0.3) is 0 Å². The zero-order valence-electron chi connectivity index (χ0n) is 15.9. The van der Waals surface area contributed by atoms with E-state index in [4.69, 9.17) is 9.47 Å². The molecule has 1 N–H and O–H groups in total. The summed E-state index contributed by atoms with van der Waals surface area (Å²) >= 11 is 1.32. The van der Waals surface area contributed by atoms with Gasteiger partial charge in [-0.15, -0.1) is 11.3 Å². The van der Waals surface area contributed by atoms with Crippen LogP contribution >= 0.6 is 11.3 Å². The second kappa shape index (κ2) is 9.16. The molecule has 148 valence electrons. The quantitative estimate of drug-likeness (QED) is 0.461. The number of anilines is 1. The van der Waals surface area contributed by atoms with Gasteiger partial charge in [0, 0.05) is 11.3 Å². The lowest BCUT2D eigenvalue weighted by Crippen LogP contribution is -2.24. The highest BCUT2D eigenvalue weighted by molar-refractivity contribution is 7.12. The summed E-state index contributed by atoms with van der Waals surface area (Å²) in [5.74, 6) is -0.587. The molecule has 1 atom stereocenters. The van der Waals surface area contributed by atoms with Gasteiger partial charge in [0.1, 0.15) is 5.75 Å². The monoisotopic (exact) mass is 409 g/mol. The Labute approximate surface area is 172 Å². The van der Waals surface area contributed by atoms with Crippen molar-refractivity contribution in [3.05, 3.63) is 82.0 Å². The maximum atomic E-state index is 12.5. The third-order valence-electron chi connectivity index (χ3n) is 4.13. The van der Waals surface area contributed by atoms with E-state index in [0.717, 1.165) is 0 Å². The van der Waals surface area contributed by atoms with Crippen LogP contribution in [0.15, 0.2) is 66.0 Å². The Hall–Kier alpha value is -3.45. The van der Waals surface area contributed by atoms with Gasteiger partial charge in [-0.05, 0) is 60.8 Å². The minimum absolute atomic E-state index is 0.239. The lowest BCUT2D eigenvalue weighted by Gasteiger charge is -2.13. The number of ether oxygens (including phenoxy) is 2. The number of hydrogen-bond donors (Lipinski definition) is 1. The lowest BCUT2D eigenvalue weighted by atomic mass is 10.1. The standard InChI is InChI=1S/C22H19NO5S/c1-14(20(24)15-8-10-18(27-2)11-9-15)28-22(26)16-5-3-6-17(13-16)23-21(25)19-7-4-12-29-19/h3-14H,1-2H3,(H,23,25)/t14-/m1/s1. The summed E-state index contributed by atoms with van der Waals surface area (Å²) in [6.45, 7) is 1.52. The fourth-order valence-corrected chi connectivity index (χ4v) is 3.22. The zero-order chi connectivity index (χ0) is 20.8. The van der Waals surface area contributed by atoms with Crippen molar-refractivity contribution in [1.82, 2.24) is 0 Å². The van der Waals surface area contributed by atoms with Gasteiger partial charge in [-0.25, -0.2) is 4.79 Å². The fourth-order valence-electron chi connectivity index (χ4n) is 2.60. The van der Waals surface area contributed by atoms with Crippen LogP contribution in [-0.4, -0.2) is 30.9 Å². The van der Waals surface area contributed by atoms with Crippen LogP contribution < -0.4 is 10.1 Å². The van der Waals surface area contributed by atoms with Gasteiger partial charge in [-0.1, -0.05) is 12.1 Å². The summed E-state index contributed by atoms with van der Waals surface area (Å²) < 4.78 is 10.4. The van der Waals surface area contributed by atoms with Crippen molar-refractivity contribution >= 4 is 34.7 Å². The van der Waals surface area contributed by atoms with Gasteiger partial charge >= 0.3 is 5.97 Å². The molecule has 0 aliphatic heterocycles. The predicted octanol–water partition coefficient (Wildman–Crippen LogP) is 4.44. The Kier molecular flexibility index (Phi) is 6.41. The highest BCUT2D eigenvalue weighted by atomic mass is 32.1. The summed E-state index contributed by atoms with van der Waals surface area (Å²) in [5, 5.41) is 4.55. The molecule has 1 amide bonds. The molecule has 0 spiro atoms. The zero-order valence-corrected chi connectivity index (χ0v) is 16.7. The summed E-state index contributed by atoms with van der Waals surface area (Å²) in [7, 11) is 1.54. The highest BCUT2D eigenvalue weighted by Crippen LogP contribution is 2.17. The predicted molar refractivity (Wildman–Crippen MR) is 111 cm³/mol. The molecule has 0 saturated carbocycles. The fraction of sp³-hybridized carbons (Fsp3) is 0.136. The topological polar surface area (TPSA) is 81.7 Å². The third-order valence-corrected chi connectivity index (χ3v) is 5.00. The van der Waals surface area contributed by atoms with Crippen molar-refractivity contribution in [2.75, 3.05) is 12.4 Å². The molecule has 1 heterocycles. The molecular weight excluding hydrogens is 390 g/mol. The van der Waals surface area contributed by atoms with E-state index >= 15 is 0 Å². The van der Waals surface area contributed by atoms with E-state index in [0.29, 0.717) is 21.9 Å². The maximum Gasteiger partial charge on any atom is 0.338 e. The summed E-state index contributed by atoms with van der Waals surface area (Å²) in [5.41, 5.74) is 1.12. The number of methoxy groups -OCH3 is 1. The summed E-state index contributed by atoms with van der Waals surface area (Å²) in [6.07, 6.45) is -0.958. The Morgan fingerprint density at radius 2 is 1.72 bits per heavy atom. The Bertz CT molecular complexity index is 1010. The Balaban J connectivity index is 1.65. The third kappa shape index (κ3) is 5.08. The van der Waals surface area contributed by atoms with Crippen LogP contribution in [0.4, 0.5) is 5.69 Å². The molecule has 0 radical (unpaired) electrons. The normalized spacial score (nSPS) is 11.4. The summed E-state index contributed by atoms with van der Waals surface area (Å²) in [4.78, 5) is 37.7. The summed E-state index contributed by atoms with van der Waals surface area (Å²) in [6, 6.07) is 16.5. The van der Waals surface area contributed by atoms with Crippen molar-refractivity contribution in [3.8, 4) is 5.75 Å². The van der Waals surface area contributed by atoms with Gasteiger partial charge in [0.25, 0.3) is 5.91 Å². The largest absolute Gasteiger partial charge is 0.497 e. The first kappa shape index (κ1) is 20.3. The molecule has 0 unspecified atom stereocenters. The van der Waals surface area contributed by atoms with E-state index in [1.165, 1.54) is 31.4 Å². The first-order valence-electron chi connectivity index (χ1n) is 8.82. The second-order valence-corrected chi connectivity index (χ2v) is 7.10. The van der Waals surface area contributed by atoms with E-state index in [2.05, 4.69) is 5.32 Å². The molecule has 3 rings (SSSR count). The van der Waals surface area contributed by atoms with Crippen molar-refractivity contribution in [3.63, 3.8) is 0 Å². The molecule has 0 aliphatic rings. The average Bonchev–Trinajstić information content (AvgIpc) is 3.28. The molecule has 7 heteroatoms. The number of rotatable bonds is 7. The number of thiophene rings is 1. The number of amides is 1. The van der Waals surface area contributed by atoms with Gasteiger partial charge in [-0.2, -0.15) is 0 Å². The first-order chi connectivity index (χ1) is 14.0. The van der Waals surface area contributed by atoms with E-state index < -0.39 is 12.1 Å². The van der Waals surface area contributed by atoms with Crippen molar-refractivity contribution < 1.29 is 23.9 Å². The van der Waals surface area contributed by atoms with E-state index in [1.54, 1.807) is 54.6 Å². The van der Waals surface area contributed by atoms with E-state index in [-0.39, 0.29) is 17.3 Å². The molecule has 29 heavy (non-hydrogen) atoms. The minimum atomic E-state index is -0.958. The number of ketones is 1. The second-order valence-electron chi connectivity index (χ2n) is 6.15. The van der Waals surface area contributed by atoms with Gasteiger partial charge in [0.2, 0.25) is 5.78 Å². The van der Waals surface area contributed by atoms with Crippen LogP contribution in [-0.2, 0) is 4.74 Å². The van der Waals surface area contributed by atoms with Gasteiger partial charge in [0.05, 0.1) is 17.6 Å². The van der Waals surface area contributed by atoms with Crippen LogP contribution in [0.1, 0.15) is 37.3 Å². The number of carbonyl (C=O) groups excluding carboxylic acids is 3. The molecule has 0 fully saturated rings. The maximum absolute atomic E-state index is 12.5. The Morgan fingerprint density at radius 3 is 2.38 bits per heavy atom. The number of carbonyl (C=O) groups is 3. The highest BCUT2D eigenvalue weighted by Gasteiger charge is 2.21. The van der Waals surface area contributed by atoms with Crippen molar-refractivity contribution in [2.24, 2.45) is 0 Å². The molecule has 0 saturated heterocycles. The van der Waals surface area contributed by atoms with Crippen LogP contribution in [0.3, 0.4) is 0 Å². The lowest BCUT2D eigenvalue weighted by molar-refractivity contribution is 0.0319.